The predicted molar refractivity (Wildman–Crippen MR) is 65.2 cm³/mol. The molecule has 0 aromatic heterocycles. The van der Waals surface area contributed by atoms with Gasteiger partial charge in [0.15, 0.2) is 5.78 Å². The van der Waals surface area contributed by atoms with E-state index in [0.29, 0.717) is 12.8 Å². The lowest BCUT2D eigenvalue weighted by Crippen LogP contribution is -2.52. The van der Waals surface area contributed by atoms with Gasteiger partial charge in [-0.05, 0) is 12.8 Å². The molecule has 3 fully saturated rings. The van der Waals surface area contributed by atoms with Crippen molar-refractivity contribution in [3.05, 3.63) is 12.2 Å². The van der Waals surface area contributed by atoms with E-state index in [4.69, 9.17) is 9.47 Å². The number of ether oxygens (including phenoxy) is 2. The largest absolute Gasteiger partial charge is 0.343 e. The predicted octanol–water partition coefficient (Wildman–Crippen LogP) is 0.0205. The van der Waals surface area contributed by atoms with Crippen LogP contribution in [0.1, 0.15) is 19.3 Å². The standard InChI is InChI=1S/C14H15NO5/c16-10-5-9(11-6-19-14(10)20-11)15-12(17)7-3-1-2-4-8(7)13(15)18/h1-2,7-9,11,14H,3-6H2/t7-,8-,9-,11+,14+/m0/s1. The van der Waals surface area contributed by atoms with E-state index in [1.165, 1.54) is 4.90 Å². The highest BCUT2D eigenvalue weighted by atomic mass is 16.7. The molecule has 1 aliphatic carbocycles. The lowest BCUT2D eigenvalue weighted by molar-refractivity contribution is -0.163. The van der Waals surface area contributed by atoms with Crippen molar-refractivity contribution in [2.45, 2.75) is 37.7 Å². The van der Waals surface area contributed by atoms with Crippen LogP contribution in [0.3, 0.4) is 0 Å². The van der Waals surface area contributed by atoms with Crippen LogP contribution in [0.4, 0.5) is 0 Å². The highest BCUT2D eigenvalue weighted by Crippen LogP contribution is 2.39. The first-order chi connectivity index (χ1) is 9.66. The number of likely N-dealkylation sites (tertiary alicyclic amines) is 1. The molecule has 2 bridgehead atoms. The number of Topliss-reactive ketones (excluding diaryl/α,β-unsaturated/α-hetero) is 1. The Bertz CT molecular complexity index is 502. The van der Waals surface area contributed by atoms with Gasteiger partial charge in [0.25, 0.3) is 0 Å². The average molecular weight is 277 g/mol. The van der Waals surface area contributed by atoms with Gasteiger partial charge in [0, 0.05) is 6.42 Å². The molecular formula is C14H15NO5. The third kappa shape index (κ3) is 1.55. The maximum Gasteiger partial charge on any atom is 0.233 e. The van der Waals surface area contributed by atoms with Crippen molar-refractivity contribution in [2.75, 3.05) is 6.61 Å². The van der Waals surface area contributed by atoms with E-state index in [9.17, 15) is 14.4 Å². The van der Waals surface area contributed by atoms with Crippen molar-refractivity contribution in [1.82, 2.24) is 4.90 Å². The number of hydrogen-bond acceptors (Lipinski definition) is 5. The summed E-state index contributed by atoms with van der Waals surface area (Å²) in [7, 11) is 0. The SMILES string of the molecule is O=C1C[C@H](N2C(=O)[C@H]3CC=CC[C@@H]3C2=O)[C@H]2CO[C@@H]1O2. The van der Waals surface area contributed by atoms with Crippen molar-refractivity contribution in [1.29, 1.82) is 0 Å². The van der Waals surface area contributed by atoms with Crippen LogP contribution in [0.25, 0.3) is 0 Å². The summed E-state index contributed by atoms with van der Waals surface area (Å²) in [5.74, 6) is -1.02. The third-order valence-corrected chi connectivity index (χ3v) is 4.69. The van der Waals surface area contributed by atoms with Crippen LogP contribution >= 0.6 is 0 Å². The molecule has 20 heavy (non-hydrogen) atoms. The van der Waals surface area contributed by atoms with Gasteiger partial charge in [-0.25, -0.2) is 0 Å². The van der Waals surface area contributed by atoms with Crippen LogP contribution in [-0.4, -0.2) is 47.5 Å². The first-order valence-electron chi connectivity index (χ1n) is 6.98. The summed E-state index contributed by atoms with van der Waals surface area (Å²) < 4.78 is 10.7. The second-order valence-electron chi connectivity index (χ2n) is 5.78. The highest BCUT2D eigenvalue weighted by molar-refractivity contribution is 6.06. The second-order valence-corrected chi connectivity index (χ2v) is 5.78. The molecule has 3 aliphatic heterocycles. The highest BCUT2D eigenvalue weighted by Gasteiger charge is 2.55. The Morgan fingerprint density at radius 2 is 1.70 bits per heavy atom. The summed E-state index contributed by atoms with van der Waals surface area (Å²) >= 11 is 0. The van der Waals surface area contributed by atoms with Gasteiger partial charge in [-0.15, -0.1) is 0 Å². The van der Waals surface area contributed by atoms with Gasteiger partial charge in [0.1, 0.15) is 6.10 Å². The van der Waals surface area contributed by atoms with Gasteiger partial charge >= 0.3 is 0 Å². The summed E-state index contributed by atoms with van der Waals surface area (Å²) in [6.45, 7) is 0.270. The topological polar surface area (TPSA) is 72.9 Å². The molecule has 4 aliphatic rings. The van der Waals surface area contributed by atoms with E-state index < -0.39 is 12.3 Å². The number of imide groups is 1. The van der Waals surface area contributed by atoms with Gasteiger partial charge < -0.3 is 9.47 Å². The lowest BCUT2D eigenvalue weighted by atomic mass is 9.85. The summed E-state index contributed by atoms with van der Waals surface area (Å²) in [4.78, 5) is 38.1. The molecule has 0 aromatic rings. The molecule has 2 amide bonds. The zero-order valence-corrected chi connectivity index (χ0v) is 10.9. The maximum atomic E-state index is 12.5. The van der Waals surface area contributed by atoms with Gasteiger partial charge in [-0.3, -0.25) is 19.3 Å². The Balaban J connectivity index is 1.64. The zero-order valence-electron chi connectivity index (χ0n) is 10.9. The second kappa shape index (κ2) is 4.23. The van der Waals surface area contributed by atoms with Crippen LogP contribution in [0.5, 0.6) is 0 Å². The molecular weight excluding hydrogens is 262 g/mol. The Morgan fingerprint density at radius 1 is 1.05 bits per heavy atom. The van der Waals surface area contributed by atoms with Crippen LogP contribution in [0.15, 0.2) is 12.2 Å². The third-order valence-electron chi connectivity index (χ3n) is 4.69. The molecule has 5 atom stereocenters. The van der Waals surface area contributed by atoms with Crippen LogP contribution < -0.4 is 0 Å². The number of rotatable bonds is 1. The molecule has 0 unspecified atom stereocenters. The smallest absolute Gasteiger partial charge is 0.233 e. The molecule has 4 rings (SSSR count). The van der Waals surface area contributed by atoms with Crippen molar-refractivity contribution in [2.24, 2.45) is 11.8 Å². The fourth-order valence-corrected chi connectivity index (χ4v) is 3.63. The first-order valence-corrected chi connectivity index (χ1v) is 6.98. The van der Waals surface area contributed by atoms with Gasteiger partial charge in [0.05, 0.1) is 24.5 Å². The van der Waals surface area contributed by atoms with Crippen LogP contribution in [-0.2, 0) is 23.9 Å². The zero-order chi connectivity index (χ0) is 13.9. The lowest BCUT2D eigenvalue weighted by Gasteiger charge is -2.32. The van der Waals surface area contributed by atoms with E-state index in [-0.39, 0.29) is 48.6 Å². The van der Waals surface area contributed by atoms with Gasteiger partial charge in [0.2, 0.25) is 18.1 Å². The molecule has 3 saturated heterocycles. The Hall–Kier alpha value is -1.53. The number of nitrogens with zero attached hydrogens (tertiary/aromatic N) is 1. The van der Waals surface area contributed by atoms with E-state index in [0.717, 1.165) is 0 Å². The van der Waals surface area contributed by atoms with Crippen molar-refractivity contribution in [3.8, 4) is 0 Å². The number of fused-ring (bicyclic) bond motifs is 3. The number of hydrogen-bond donors (Lipinski definition) is 0. The number of carbonyl (C=O) groups is 3. The van der Waals surface area contributed by atoms with Crippen molar-refractivity contribution < 1.29 is 23.9 Å². The quantitative estimate of drug-likeness (QED) is 0.499. The molecule has 0 radical (unpaired) electrons. The molecule has 106 valence electrons. The average Bonchev–Trinajstić information content (AvgIpc) is 2.99. The monoisotopic (exact) mass is 277 g/mol. The molecule has 0 saturated carbocycles. The molecule has 6 heteroatoms. The van der Waals surface area contributed by atoms with Crippen LogP contribution in [0, 0.1) is 11.8 Å². The fourth-order valence-electron chi connectivity index (χ4n) is 3.63. The molecule has 3 heterocycles. The number of ketones is 1. The van der Waals surface area contributed by atoms with Gasteiger partial charge in [-0.1, -0.05) is 12.2 Å². The minimum absolute atomic E-state index is 0.152. The summed E-state index contributed by atoms with van der Waals surface area (Å²) in [5, 5.41) is 0. The summed E-state index contributed by atoms with van der Waals surface area (Å²) in [6.07, 6.45) is 4.11. The van der Waals surface area contributed by atoms with E-state index in [2.05, 4.69) is 0 Å². The Morgan fingerprint density at radius 3 is 2.35 bits per heavy atom. The van der Waals surface area contributed by atoms with Crippen molar-refractivity contribution in [3.63, 3.8) is 0 Å². The molecule has 0 spiro atoms. The number of carbonyl (C=O) groups excluding carboxylic acids is 3. The minimum Gasteiger partial charge on any atom is -0.343 e. The van der Waals surface area contributed by atoms with Gasteiger partial charge in [-0.2, -0.15) is 0 Å². The summed E-state index contributed by atoms with van der Waals surface area (Å²) in [5.41, 5.74) is 0. The fraction of sp³-hybridized carbons (Fsp3) is 0.643. The maximum absolute atomic E-state index is 12.5. The molecule has 6 nitrogen and oxygen atoms in total. The van der Waals surface area contributed by atoms with E-state index in [1.54, 1.807) is 0 Å². The Labute approximate surface area is 115 Å². The van der Waals surface area contributed by atoms with Crippen LogP contribution in [0.2, 0.25) is 0 Å². The van der Waals surface area contributed by atoms with E-state index in [1.807, 2.05) is 12.2 Å². The summed E-state index contributed by atoms with van der Waals surface area (Å²) in [6, 6.07) is -0.494. The Kier molecular flexibility index (Phi) is 2.59. The van der Waals surface area contributed by atoms with E-state index >= 15 is 0 Å². The normalized spacial score (nSPS) is 43.3. The first kappa shape index (κ1) is 12.2. The number of allylic oxidation sites excluding steroid dienone is 2. The number of amides is 2. The van der Waals surface area contributed by atoms with Crippen molar-refractivity contribution >= 4 is 17.6 Å². The minimum atomic E-state index is -0.798. The molecule has 0 N–H and O–H groups in total. The molecule has 0 aromatic carbocycles.